The van der Waals surface area contributed by atoms with Gasteiger partial charge in [-0.1, -0.05) is 18.6 Å². The molecular formula is C23H27FN4O2. The van der Waals surface area contributed by atoms with Crippen molar-refractivity contribution in [1.29, 1.82) is 0 Å². The number of pyridine rings is 1. The molecule has 7 heteroatoms. The molecule has 0 radical (unpaired) electrons. The lowest BCUT2D eigenvalue weighted by Crippen LogP contribution is -2.50. The minimum atomic E-state index is -0.321. The summed E-state index contributed by atoms with van der Waals surface area (Å²) in [5.74, 6) is -0.306. The van der Waals surface area contributed by atoms with Gasteiger partial charge >= 0.3 is 0 Å². The van der Waals surface area contributed by atoms with Gasteiger partial charge in [-0.2, -0.15) is 0 Å². The molecular weight excluding hydrogens is 383 g/mol. The van der Waals surface area contributed by atoms with E-state index in [2.05, 4.69) is 15.6 Å². The summed E-state index contributed by atoms with van der Waals surface area (Å²) in [5.41, 5.74) is 1.75. The summed E-state index contributed by atoms with van der Waals surface area (Å²) >= 11 is 0. The zero-order valence-electron chi connectivity index (χ0n) is 16.9. The smallest absolute Gasteiger partial charge is 0.253 e. The Morgan fingerprint density at radius 2 is 1.97 bits per heavy atom. The molecule has 1 aliphatic heterocycles. The number of hydrogen-bond acceptors (Lipinski definition) is 4. The zero-order chi connectivity index (χ0) is 20.9. The van der Waals surface area contributed by atoms with Gasteiger partial charge in [0.15, 0.2) is 0 Å². The summed E-state index contributed by atoms with van der Waals surface area (Å²) in [4.78, 5) is 31.7. The first-order valence-corrected chi connectivity index (χ1v) is 10.6. The lowest BCUT2D eigenvalue weighted by molar-refractivity contribution is -0.137. The van der Waals surface area contributed by atoms with Gasteiger partial charge in [0, 0.05) is 49.9 Å². The molecule has 2 aromatic rings. The third-order valence-electron chi connectivity index (χ3n) is 5.93. The Morgan fingerprint density at radius 1 is 1.13 bits per heavy atom. The van der Waals surface area contributed by atoms with Crippen LogP contribution in [0.15, 0.2) is 42.6 Å². The summed E-state index contributed by atoms with van der Waals surface area (Å²) < 4.78 is 13.4. The highest BCUT2D eigenvalue weighted by atomic mass is 19.1. The van der Waals surface area contributed by atoms with Gasteiger partial charge in [0.05, 0.1) is 11.3 Å². The molecule has 0 bridgehead atoms. The van der Waals surface area contributed by atoms with Crippen molar-refractivity contribution in [2.75, 3.05) is 26.2 Å². The Morgan fingerprint density at radius 3 is 2.70 bits per heavy atom. The molecule has 4 rings (SSSR count). The SMILES string of the molecule is O=C(N[C@@H]1CCC[C@H](C(=O)N2CCNCC2)C1)c1ccc(-c2cccc(F)c2)nc1. The third-order valence-corrected chi connectivity index (χ3v) is 5.93. The number of aromatic nitrogens is 1. The predicted octanol–water partition coefficient (Wildman–Crippen LogP) is 2.61. The maximum absolute atomic E-state index is 13.4. The number of rotatable bonds is 4. The first-order valence-electron chi connectivity index (χ1n) is 10.6. The van der Waals surface area contributed by atoms with Crippen molar-refractivity contribution in [2.45, 2.75) is 31.7 Å². The quantitative estimate of drug-likeness (QED) is 0.813. The van der Waals surface area contributed by atoms with Gasteiger partial charge in [-0.05, 0) is 43.5 Å². The number of amides is 2. The molecule has 2 atom stereocenters. The number of carbonyl (C=O) groups is 2. The molecule has 30 heavy (non-hydrogen) atoms. The van der Waals surface area contributed by atoms with Crippen LogP contribution in [0.3, 0.4) is 0 Å². The Bertz CT molecular complexity index is 896. The van der Waals surface area contributed by atoms with E-state index in [4.69, 9.17) is 0 Å². The van der Waals surface area contributed by atoms with Crippen molar-refractivity contribution in [1.82, 2.24) is 20.5 Å². The second-order valence-electron chi connectivity index (χ2n) is 8.05. The molecule has 1 saturated heterocycles. The van der Waals surface area contributed by atoms with E-state index in [0.29, 0.717) is 23.2 Å². The standard InChI is InChI=1S/C23H27FN4O2/c24-19-5-1-3-16(13-19)21-8-7-18(15-26-21)22(29)27-20-6-2-4-17(14-20)23(30)28-11-9-25-10-12-28/h1,3,5,7-8,13,15,17,20,25H,2,4,6,9-12,14H2,(H,27,29)/t17-,20+/m0/s1. The second kappa shape index (κ2) is 9.34. The predicted molar refractivity (Wildman–Crippen MR) is 112 cm³/mol. The van der Waals surface area contributed by atoms with Crippen molar-refractivity contribution in [3.8, 4) is 11.3 Å². The largest absolute Gasteiger partial charge is 0.349 e. The number of halogens is 1. The van der Waals surface area contributed by atoms with Crippen LogP contribution in [0.4, 0.5) is 4.39 Å². The summed E-state index contributed by atoms with van der Waals surface area (Å²) in [6.07, 6.45) is 4.90. The van der Waals surface area contributed by atoms with Crippen molar-refractivity contribution in [2.24, 2.45) is 5.92 Å². The van der Waals surface area contributed by atoms with Crippen LogP contribution < -0.4 is 10.6 Å². The molecule has 1 aromatic carbocycles. The van der Waals surface area contributed by atoms with Crippen LogP contribution in [-0.2, 0) is 4.79 Å². The topological polar surface area (TPSA) is 74.3 Å². The number of benzene rings is 1. The van der Waals surface area contributed by atoms with Gasteiger partial charge in [-0.25, -0.2) is 4.39 Å². The fraction of sp³-hybridized carbons (Fsp3) is 0.435. The van der Waals surface area contributed by atoms with Crippen LogP contribution in [-0.4, -0.2) is 53.9 Å². The lowest BCUT2D eigenvalue weighted by atomic mass is 9.84. The third kappa shape index (κ3) is 4.84. The second-order valence-corrected chi connectivity index (χ2v) is 8.05. The van der Waals surface area contributed by atoms with E-state index < -0.39 is 0 Å². The molecule has 158 valence electrons. The fourth-order valence-electron chi connectivity index (χ4n) is 4.30. The molecule has 1 saturated carbocycles. The van der Waals surface area contributed by atoms with E-state index in [1.807, 2.05) is 4.90 Å². The average molecular weight is 410 g/mol. The Labute approximate surface area is 175 Å². The highest BCUT2D eigenvalue weighted by molar-refractivity contribution is 5.94. The minimum absolute atomic E-state index is 0.00832. The fourth-order valence-corrected chi connectivity index (χ4v) is 4.30. The number of piperazine rings is 1. The van der Waals surface area contributed by atoms with Gasteiger partial charge in [0.25, 0.3) is 5.91 Å². The molecule has 2 N–H and O–H groups in total. The monoisotopic (exact) mass is 410 g/mol. The van der Waals surface area contributed by atoms with Crippen LogP contribution >= 0.6 is 0 Å². The van der Waals surface area contributed by atoms with Crippen LogP contribution in [0.1, 0.15) is 36.0 Å². The number of nitrogens with one attached hydrogen (secondary N) is 2. The zero-order valence-corrected chi connectivity index (χ0v) is 16.9. The molecule has 1 aliphatic carbocycles. The summed E-state index contributed by atoms with van der Waals surface area (Å²) in [7, 11) is 0. The summed E-state index contributed by atoms with van der Waals surface area (Å²) in [6, 6.07) is 9.63. The molecule has 0 unspecified atom stereocenters. The maximum atomic E-state index is 13.4. The van der Waals surface area contributed by atoms with Crippen molar-refractivity contribution < 1.29 is 14.0 Å². The number of carbonyl (C=O) groups excluding carboxylic acids is 2. The average Bonchev–Trinajstić information content (AvgIpc) is 2.79. The molecule has 2 heterocycles. The van der Waals surface area contributed by atoms with Crippen LogP contribution in [0.5, 0.6) is 0 Å². The number of nitrogens with zero attached hydrogens (tertiary/aromatic N) is 2. The Kier molecular flexibility index (Phi) is 6.38. The maximum Gasteiger partial charge on any atom is 0.253 e. The minimum Gasteiger partial charge on any atom is -0.349 e. The van der Waals surface area contributed by atoms with E-state index in [1.54, 1.807) is 24.3 Å². The molecule has 2 amide bonds. The first-order chi connectivity index (χ1) is 14.6. The molecule has 1 aromatic heterocycles. The number of hydrogen-bond donors (Lipinski definition) is 2. The van der Waals surface area contributed by atoms with Gasteiger partial charge in [0.1, 0.15) is 5.82 Å². The first kappa shape index (κ1) is 20.5. The lowest BCUT2D eigenvalue weighted by Gasteiger charge is -2.35. The summed E-state index contributed by atoms with van der Waals surface area (Å²) in [5, 5.41) is 6.34. The van der Waals surface area contributed by atoms with Crippen LogP contribution in [0.2, 0.25) is 0 Å². The van der Waals surface area contributed by atoms with Crippen molar-refractivity contribution in [3.63, 3.8) is 0 Å². The Hall–Kier alpha value is -2.80. The van der Waals surface area contributed by atoms with Gasteiger partial charge < -0.3 is 15.5 Å². The van der Waals surface area contributed by atoms with Gasteiger partial charge in [-0.3, -0.25) is 14.6 Å². The van der Waals surface area contributed by atoms with Crippen molar-refractivity contribution in [3.05, 3.63) is 54.0 Å². The normalized spacial score (nSPS) is 21.8. The van der Waals surface area contributed by atoms with E-state index >= 15 is 0 Å². The molecule has 2 aliphatic rings. The van der Waals surface area contributed by atoms with Crippen molar-refractivity contribution >= 4 is 11.8 Å². The highest BCUT2D eigenvalue weighted by Crippen LogP contribution is 2.27. The molecule has 2 fully saturated rings. The molecule has 6 nitrogen and oxygen atoms in total. The van der Waals surface area contributed by atoms with E-state index in [0.717, 1.165) is 45.4 Å². The summed E-state index contributed by atoms with van der Waals surface area (Å²) in [6.45, 7) is 3.21. The van der Waals surface area contributed by atoms with Gasteiger partial charge in [0.2, 0.25) is 5.91 Å². The van der Waals surface area contributed by atoms with Gasteiger partial charge in [-0.15, -0.1) is 0 Å². The van der Waals surface area contributed by atoms with E-state index in [-0.39, 0.29) is 29.6 Å². The van der Waals surface area contributed by atoms with Crippen LogP contribution in [0.25, 0.3) is 11.3 Å². The van der Waals surface area contributed by atoms with E-state index in [1.165, 1.54) is 18.3 Å². The Balaban J connectivity index is 1.35. The van der Waals surface area contributed by atoms with Crippen LogP contribution in [0, 0.1) is 11.7 Å². The van der Waals surface area contributed by atoms with E-state index in [9.17, 15) is 14.0 Å². The molecule has 0 spiro atoms. The highest BCUT2D eigenvalue weighted by Gasteiger charge is 2.31.